The van der Waals surface area contributed by atoms with Gasteiger partial charge in [0, 0.05) is 23.6 Å². The van der Waals surface area contributed by atoms with Gasteiger partial charge in [0.25, 0.3) is 0 Å². The number of ether oxygens (including phenoxy) is 1. The molecule has 1 aromatic carbocycles. The molecular formula is C17H24N2O3. The number of aliphatic hydroxyl groups excluding tert-OH is 1. The van der Waals surface area contributed by atoms with Crippen LogP contribution in [0.25, 0.3) is 10.9 Å². The number of amides is 1. The van der Waals surface area contributed by atoms with Gasteiger partial charge < -0.3 is 20.1 Å². The lowest BCUT2D eigenvalue weighted by atomic mass is 10.0. The molecule has 0 aliphatic carbocycles. The molecule has 1 amide bonds. The Morgan fingerprint density at radius 2 is 2.18 bits per heavy atom. The number of aromatic nitrogens is 1. The van der Waals surface area contributed by atoms with Crippen LogP contribution in [-0.2, 0) is 11.2 Å². The summed E-state index contributed by atoms with van der Waals surface area (Å²) in [5, 5.41) is 13.3. The van der Waals surface area contributed by atoms with Gasteiger partial charge in [-0.25, -0.2) is 0 Å². The van der Waals surface area contributed by atoms with Gasteiger partial charge in [-0.05, 0) is 43.0 Å². The van der Waals surface area contributed by atoms with Crippen LogP contribution in [0, 0.1) is 5.92 Å². The van der Waals surface area contributed by atoms with Gasteiger partial charge in [-0.3, -0.25) is 4.79 Å². The van der Waals surface area contributed by atoms with Crippen molar-refractivity contribution in [2.45, 2.75) is 32.8 Å². The average molecular weight is 304 g/mol. The summed E-state index contributed by atoms with van der Waals surface area (Å²) in [6.45, 7) is 4.36. The van der Waals surface area contributed by atoms with Crippen LogP contribution in [0.1, 0.15) is 25.8 Å². The molecule has 2 unspecified atom stereocenters. The summed E-state index contributed by atoms with van der Waals surface area (Å²) >= 11 is 0. The summed E-state index contributed by atoms with van der Waals surface area (Å²) in [7, 11) is 1.63. The Morgan fingerprint density at radius 1 is 1.41 bits per heavy atom. The van der Waals surface area contributed by atoms with Crippen LogP contribution in [0.4, 0.5) is 0 Å². The summed E-state index contributed by atoms with van der Waals surface area (Å²) < 4.78 is 5.23. The number of fused-ring (bicyclic) bond motifs is 1. The lowest BCUT2D eigenvalue weighted by molar-refractivity contribution is -0.120. The first-order chi connectivity index (χ1) is 10.5. The first kappa shape index (κ1) is 16.4. The number of hydrogen-bond donors (Lipinski definition) is 3. The molecule has 1 heterocycles. The molecule has 0 spiro atoms. The lowest BCUT2D eigenvalue weighted by Gasteiger charge is -2.14. The van der Waals surface area contributed by atoms with Crippen molar-refractivity contribution in [3.8, 4) is 5.75 Å². The number of carbonyl (C=O) groups excluding carboxylic acids is 1. The lowest BCUT2D eigenvalue weighted by Crippen LogP contribution is -2.30. The van der Waals surface area contributed by atoms with Crippen LogP contribution >= 0.6 is 0 Å². The Morgan fingerprint density at radius 3 is 2.86 bits per heavy atom. The Bertz CT molecular complexity index is 634. The fraction of sp³-hybridized carbons (Fsp3) is 0.471. The van der Waals surface area contributed by atoms with Gasteiger partial charge in [0.2, 0.25) is 5.91 Å². The van der Waals surface area contributed by atoms with Gasteiger partial charge in [0.1, 0.15) is 5.75 Å². The summed E-state index contributed by atoms with van der Waals surface area (Å²) in [5.74, 6) is 1.02. The molecule has 2 aromatic rings. The predicted octanol–water partition coefficient (Wildman–Crippen LogP) is 2.24. The van der Waals surface area contributed by atoms with E-state index in [9.17, 15) is 9.90 Å². The van der Waals surface area contributed by atoms with Crippen molar-refractivity contribution >= 4 is 16.8 Å². The van der Waals surface area contributed by atoms with E-state index >= 15 is 0 Å². The molecule has 2 rings (SSSR count). The normalized spacial score (nSPS) is 13.8. The number of methoxy groups -OCH3 is 1. The first-order valence-electron chi connectivity index (χ1n) is 7.58. The average Bonchev–Trinajstić information content (AvgIpc) is 2.86. The number of nitrogens with one attached hydrogen (secondary N) is 2. The van der Waals surface area contributed by atoms with E-state index in [4.69, 9.17) is 4.74 Å². The van der Waals surface area contributed by atoms with Gasteiger partial charge in [0.15, 0.2) is 0 Å². The number of benzene rings is 1. The molecular weight excluding hydrogens is 280 g/mol. The highest BCUT2D eigenvalue weighted by Crippen LogP contribution is 2.23. The van der Waals surface area contributed by atoms with Gasteiger partial charge in [0.05, 0.1) is 19.6 Å². The van der Waals surface area contributed by atoms with E-state index in [0.29, 0.717) is 19.4 Å². The number of H-pyrrole nitrogens is 1. The van der Waals surface area contributed by atoms with Crippen LogP contribution in [0.5, 0.6) is 5.75 Å². The van der Waals surface area contributed by atoms with Crippen molar-refractivity contribution in [1.29, 1.82) is 0 Å². The van der Waals surface area contributed by atoms with Crippen molar-refractivity contribution < 1.29 is 14.6 Å². The summed E-state index contributed by atoms with van der Waals surface area (Å²) in [6, 6.07) is 5.77. The number of aliphatic hydroxyl groups is 1. The molecule has 22 heavy (non-hydrogen) atoms. The minimum atomic E-state index is -0.340. The third kappa shape index (κ3) is 4.24. The topological polar surface area (TPSA) is 74.4 Å². The van der Waals surface area contributed by atoms with E-state index in [1.807, 2.05) is 31.3 Å². The van der Waals surface area contributed by atoms with Crippen molar-refractivity contribution in [1.82, 2.24) is 10.3 Å². The second-order valence-electron chi connectivity index (χ2n) is 5.90. The SMILES string of the molecule is COc1ccc2[nH]cc(CC(=O)NCC(C)CC(C)O)c2c1. The summed E-state index contributed by atoms with van der Waals surface area (Å²) in [5.41, 5.74) is 1.95. The molecule has 1 aromatic heterocycles. The molecule has 5 nitrogen and oxygen atoms in total. The standard InChI is InChI=1S/C17H24N2O3/c1-11(6-12(2)20)9-19-17(21)7-13-10-18-16-5-4-14(22-3)8-15(13)16/h4-5,8,10-12,18,20H,6-7,9H2,1-3H3,(H,19,21). The first-order valence-corrected chi connectivity index (χ1v) is 7.58. The van der Waals surface area contributed by atoms with Crippen LogP contribution in [0.3, 0.4) is 0 Å². The molecule has 0 aliphatic heterocycles. The third-order valence-electron chi connectivity index (χ3n) is 3.72. The highest BCUT2D eigenvalue weighted by atomic mass is 16.5. The number of hydrogen-bond acceptors (Lipinski definition) is 3. The van der Waals surface area contributed by atoms with Gasteiger partial charge >= 0.3 is 0 Å². The molecule has 0 fully saturated rings. The van der Waals surface area contributed by atoms with E-state index in [2.05, 4.69) is 10.3 Å². The van der Waals surface area contributed by atoms with Gasteiger partial charge in [-0.2, -0.15) is 0 Å². The molecule has 0 saturated heterocycles. The van der Waals surface area contributed by atoms with E-state index < -0.39 is 0 Å². The number of rotatable bonds is 7. The fourth-order valence-corrected chi connectivity index (χ4v) is 2.62. The number of carbonyl (C=O) groups is 1. The molecule has 0 saturated carbocycles. The Balaban J connectivity index is 1.97. The van der Waals surface area contributed by atoms with Crippen molar-refractivity contribution in [2.24, 2.45) is 5.92 Å². The van der Waals surface area contributed by atoms with Gasteiger partial charge in [-0.15, -0.1) is 0 Å². The Kier molecular flexibility index (Phi) is 5.44. The predicted molar refractivity (Wildman–Crippen MR) is 87.0 cm³/mol. The second kappa shape index (κ2) is 7.31. The summed E-state index contributed by atoms with van der Waals surface area (Å²) in [6.07, 6.45) is 2.54. The van der Waals surface area contributed by atoms with Crippen LogP contribution in [-0.4, -0.2) is 35.8 Å². The van der Waals surface area contributed by atoms with Crippen LogP contribution in [0.2, 0.25) is 0 Å². The van der Waals surface area contributed by atoms with Crippen LogP contribution in [0.15, 0.2) is 24.4 Å². The highest BCUT2D eigenvalue weighted by molar-refractivity contribution is 5.89. The maximum absolute atomic E-state index is 12.1. The Labute approximate surface area is 130 Å². The van der Waals surface area contributed by atoms with Crippen LogP contribution < -0.4 is 10.1 Å². The minimum Gasteiger partial charge on any atom is -0.497 e. The van der Waals surface area contributed by atoms with Crippen molar-refractivity contribution in [3.05, 3.63) is 30.0 Å². The van der Waals surface area contributed by atoms with E-state index in [-0.39, 0.29) is 17.9 Å². The van der Waals surface area contributed by atoms with E-state index in [1.165, 1.54) is 0 Å². The van der Waals surface area contributed by atoms with Gasteiger partial charge in [-0.1, -0.05) is 6.92 Å². The zero-order chi connectivity index (χ0) is 16.1. The van der Waals surface area contributed by atoms with E-state index in [1.54, 1.807) is 14.0 Å². The highest BCUT2D eigenvalue weighted by Gasteiger charge is 2.11. The third-order valence-corrected chi connectivity index (χ3v) is 3.72. The zero-order valence-corrected chi connectivity index (χ0v) is 13.3. The van der Waals surface area contributed by atoms with Crippen molar-refractivity contribution in [2.75, 3.05) is 13.7 Å². The molecule has 2 atom stereocenters. The monoisotopic (exact) mass is 304 g/mol. The Hall–Kier alpha value is -2.01. The largest absolute Gasteiger partial charge is 0.497 e. The van der Waals surface area contributed by atoms with E-state index in [0.717, 1.165) is 22.2 Å². The maximum atomic E-state index is 12.1. The minimum absolute atomic E-state index is 0.0128. The molecule has 3 N–H and O–H groups in total. The molecule has 0 bridgehead atoms. The zero-order valence-electron chi connectivity index (χ0n) is 13.3. The molecule has 5 heteroatoms. The van der Waals surface area contributed by atoms with Crippen molar-refractivity contribution in [3.63, 3.8) is 0 Å². The molecule has 0 radical (unpaired) electrons. The number of aromatic amines is 1. The second-order valence-corrected chi connectivity index (χ2v) is 5.90. The maximum Gasteiger partial charge on any atom is 0.224 e. The molecule has 0 aliphatic rings. The quantitative estimate of drug-likeness (QED) is 0.734. The smallest absolute Gasteiger partial charge is 0.224 e. The molecule has 120 valence electrons. The summed E-state index contributed by atoms with van der Waals surface area (Å²) in [4.78, 5) is 15.2. The fourth-order valence-electron chi connectivity index (χ4n) is 2.62.